The van der Waals surface area contributed by atoms with Crippen molar-refractivity contribution in [2.45, 2.75) is 0 Å². The summed E-state index contributed by atoms with van der Waals surface area (Å²) in [6.45, 7) is 0. The van der Waals surface area contributed by atoms with Crippen LogP contribution in [0, 0.1) is 0 Å². The van der Waals surface area contributed by atoms with E-state index in [1.54, 1.807) is 0 Å². The van der Waals surface area contributed by atoms with Gasteiger partial charge in [0.15, 0.2) is 0 Å². The number of fused-ring (bicyclic) bond motifs is 19. The molecule has 15 rings (SSSR count). The highest BCUT2D eigenvalue weighted by molar-refractivity contribution is 6.36. The first-order valence-corrected chi connectivity index (χ1v) is 20.5. The van der Waals surface area contributed by atoms with Crippen LogP contribution in [0.25, 0.3) is 136 Å². The van der Waals surface area contributed by atoms with Gasteiger partial charge in [-0.15, -0.1) is 0 Å². The SMILES string of the molecule is c1ccc(-n2c3ccccc3c3cc(-c4cccc5c6cc7ccccc7c7c8cc9c(cc8n(c45)c67)c4c5ccccc5cc5c6ccccc6n9c54)ccc32)cc1. The van der Waals surface area contributed by atoms with Crippen LogP contribution in [-0.2, 0) is 0 Å². The predicted molar refractivity (Wildman–Crippen MR) is 251 cm³/mol. The monoisotopic (exact) mass is 745 g/mol. The summed E-state index contributed by atoms with van der Waals surface area (Å²) in [5.41, 5.74) is 13.7. The Balaban J connectivity index is 1.13. The number of rotatable bonds is 2. The van der Waals surface area contributed by atoms with Crippen molar-refractivity contribution in [2.24, 2.45) is 0 Å². The van der Waals surface area contributed by atoms with E-state index in [0.717, 1.165) is 0 Å². The molecule has 0 radical (unpaired) electrons. The van der Waals surface area contributed by atoms with E-state index in [1.807, 2.05) is 0 Å². The average molecular weight is 746 g/mol. The molecule has 0 aliphatic rings. The molecule has 0 atom stereocenters. The molecule has 0 saturated carbocycles. The van der Waals surface area contributed by atoms with Gasteiger partial charge in [-0.3, -0.25) is 0 Å². The number of aromatic nitrogens is 3. The Bertz CT molecular complexity index is 4290. The smallest absolute Gasteiger partial charge is 0.0627 e. The fourth-order valence-corrected chi connectivity index (χ4v) is 11.3. The zero-order valence-corrected chi connectivity index (χ0v) is 31.7. The third-order valence-electron chi connectivity index (χ3n) is 13.6. The molecule has 0 aliphatic heterocycles. The van der Waals surface area contributed by atoms with Gasteiger partial charge in [0.1, 0.15) is 0 Å². The van der Waals surface area contributed by atoms with Crippen molar-refractivity contribution in [3.63, 3.8) is 0 Å². The molecule has 0 saturated heterocycles. The molecule has 0 amide bonds. The van der Waals surface area contributed by atoms with E-state index in [0.29, 0.717) is 0 Å². The van der Waals surface area contributed by atoms with E-state index in [4.69, 9.17) is 0 Å². The highest BCUT2D eigenvalue weighted by Crippen LogP contribution is 2.49. The van der Waals surface area contributed by atoms with Crippen molar-refractivity contribution in [1.82, 2.24) is 13.4 Å². The van der Waals surface area contributed by atoms with E-state index >= 15 is 0 Å². The Labute approximate surface area is 336 Å². The maximum Gasteiger partial charge on any atom is 0.0627 e. The standard InChI is InChI=1S/C56H31N3/c1-2-15-35(16-3-1)57-47-23-10-8-19-39(47)42-27-34(25-26-49(42)57)38-21-12-22-41-44-29-33-14-5-7-18-37(33)53-46-30-50-45(31-51(46)59(54(38)41)56(44)53)52-36-17-6-4-13-32(36)28-43-40-20-9-11-24-48(40)58(50)55(43)52/h1-31H. The maximum absolute atomic E-state index is 2.61. The maximum atomic E-state index is 2.61. The molecule has 59 heavy (non-hydrogen) atoms. The minimum Gasteiger partial charge on any atom is -0.309 e. The molecular weight excluding hydrogens is 715 g/mol. The zero-order chi connectivity index (χ0) is 38.1. The van der Waals surface area contributed by atoms with E-state index in [9.17, 15) is 0 Å². The van der Waals surface area contributed by atoms with E-state index < -0.39 is 0 Å². The molecule has 15 aromatic rings. The number of para-hydroxylation sites is 4. The molecule has 0 N–H and O–H groups in total. The number of benzene rings is 10. The van der Waals surface area contributed by atoms with Crippen molar-refractivity contribution in [3.05, 3.63) is 188 Å². The second kappa shape index (κ2) is 10.5. The molecule has 270 valence electrons. The molecule has 0 fully saturated rings. The van der Waals surface area contributed by atoms with Gasteiger partial charge >= 0.3 is 0 Å². The van der Waals surface area contributed by atoms with Crippen LogP contribution < -0.4 is 0 Å². The summed E-state index contributed by atoms with van der Waals surface area (Å²) >= 11 is 0. The summed E-state index contributed by atoms with van der Waals surface area (Å²) in [6, 6.07) is 70.3. The Kier molecular flexibility index (Phi) is 5.41. The molecular formula is C56H31N3. The fraction of sp³-hybridized carbons (Fsp3) is 0. The van der Waals surface area contributed by atoms with Crippen molar-refractivity contribution in [3.8, 4) is 16.8 Å². The summed E-state index contributed by atoms with van der Waals surface area (Å²) in [4.78, 5) is 0. The van der Waals surface area contributed by atoms with Gasteiger partial charge in [0.25, 0.3) is 0 Å². The molecule has 3 heteroatoms. The fourth-order valence-electron chi connectivity index (χ4n) is 11.3. The first-order chi connectivity index (χ1) is 29.3. The van der Waals surface area contributed by atoms with Crippen LogP contribution in [0.4, 0.5) is 0 Å². The van der Waals surface area contributed by atoms with Crippen LogP contribution in [0.1, 0.15) is 0 Å². The molecule has 0 spiro atoms. The molecule has 5 heterocycles. The van der Waals surface area contributed by atoms with Crippen molar-refractivity contribution in [1.29, 1.82) is 0 Å². The van der Waals surface area contributed by atoms with Crippen LogP contribution in [0.5, 0.6) is 0 Å². The third kappa shape index (κ3) is 3.62. The van der Waals surface area contributed by atoms with Gasteiger partial charge in [-0.1, -0.05) is 127 Å². The number of nitrogens with zero attached hydrogens (tertiary/aromatic N) is 3. The van der Waals surface area contributed by atoms with Crippen LogP contribution in [0.15, 0.2) is 188 Å². The average Bonchev–Trinajstić information content (AvgIpc) is 4.08. The van der Waals surface area contributed by atoms with Crippen molar-refractivity contribution in [2.75, 3.05) is 0 Å². The highest BCUT2D eigenvalue weighted by Gasteiger charge is 2.26. The van der Waals surface area contributed by atoms with Crippen LogP contribution in [-0.4, -0.2) is 13.4 Å². The first-order valence-electron chi connectivity index (χ1n) is 20.5. The highest BCUT2D eigenvalue weighted by atomic mass is 15.0. The summed E-state index contributed by atoms with van der Waals surface area (Å²) < 4.78 is 7.56. The second-order valence-electron chi connectivity index (χ2n) is 16.4. The topological polar surface area (TPSA) is 13.8 Å². The minimum absolute atomic E-state index is 1.17. The Hall–Kier alpha value is -7.88. The Morgan fingerprint density at radius 1 is 0.271 bits per heavy atom. The third-order valence-corrected chi connectivity index (χ3v) is 13.6. The predicted octanol–water partition coefficient (Wildman–Crippen LogP) is 15.1. The van der Waals surface area contributed by atoms with Gasteiger partial charge in [-0.05, 0) is 87.8 Å². The molecule has 0 aliphatic carbocycles. The lowest BCUT2D eigenvalue weighted by molar-refractivity contribution is 1.18. The molecule has 0 bridgehead atoms. The van der Waals surface area contributed by atoms with Crippen LogP contribution >= 0.6 is 0 Å². The summed E-state index contributed by atoms with van der Waals surface area (Å²) in [5, 5.41) is 18.1. The van der Waals surface area contributed by atoms with E-state index in [1.165, 1.54) is 136 Å². The zero-order valence-electron chi connectivity index (χ0n) is 31.7. The van der Waals surface area contributed by atoms with E-state index in [2.05, 4.69) is 201 Å². The lowest BCUT2D eigenvalue weighted by Crippen LogP contribution is -1.93. The van der Waals surface area contributed by atoms with Gasteiger partial charge in [-0.25, -0.2) is 0 Å². The van der Waals surface area contributed by atoms with Gasteiger partial charge < -0.3 is 13.4 Å². The summed E-state index contributed by atoms with van der Waals surface area (Å²) in [7, 11) is 0. The van der Waals surface area contributed by atoms with Gasteiger partial charge in [0.05, 0.1) is 44.1 Å². The summed E-state index contributed by atoms with van der Waals surface area (Å²) in [6.07, 6.45) is 0. The quantitative estimate of drug-likeness (QED) is 0.167. The van der Waals surface area contributed by atoms with Gasteiger partial charge in [-0.2, -0.15) is 0 Å². The van der Waals surface area contributed by atoms with Crippen molar-refractivity contribution < 1.29 is 0 Å². The first kappa shape index (κ1) is 30.3. The van der Waals surface area contributed by atoms with Gasteiger partial charge in [0.2, 0.25) is 0 Å². The molecule has 3 nitrogen and oxygen atoms in total. The minimum atomic E-state index is 1.17. The van der Waals surface area contributed by atoms with Crippen LogP contribution in [0.3, 0.4) is 0 Å². The molecule has 5 aromatic heterocycles. The van der Waals surface area contributed by atoms with E-state index in [-0.39, 0.29) is 0 Å². The summed E-state index contributed by atoms with van der Waals surface area (Å²) in [5.74, 6) is 0. The normalized spacial score (nSPS) is 12.7. The lowest BCUT2D eigenvalue weighted by Gasteiger charge is -2.09. The Morgan fingerprint density at radius 3 is 1.54 bits per heavy atom. The largest absolute Gasteiger partial charge is 0.309 e. The Morgan fingerprint density at radius 2 is 0.814 bits per heavy atom. The number of hydrogen-bond donors (Lipinski definition) is 0. The molecule has 10 aromatic carbocycles. The van der Waals surface area contributed by atoms with Crippen LogP contribution in [0.2, 0.25) is 0 Å². The van der Waals surface area contributed by atoms with Crippen molar-refractivity contribution >= 4 is 120 Å². The lowest BCUT2D eigenvalue weighted by atomic mass is 9.97. The number of hydrogen-bond acceptors (Lipinski definition) is 0. The second-order valence-corrected chi connectivity index (χ2v) is 16.4. The molecule has 0 unspecified atom stereocenters. The van der Waals surface area contributed by atoms with Gasteiger partial charge in [0, 0.05) is 65.1 Å².